The fourth-order valence-corrected chi connectivity index (χ4v) is 10.2. The second kappa shape index (κ2) is 67.6. The molecule has 0 bridgehead atoms. The number of carbonyl (C=O) groups is 3. The van der Waals surface area contributed by atoms with Gasteiger partial charge in [0.2, 0.25) is 0 Å². The second-order valence-electron chi connectivity index (χ2n) is 23.4. The van der Waals surface area contributed by atoms with Gasteiger partial charge in [-0.3, -0.25) is 14.4 Å². The summed E-state index contributed by atoms with van der Waals surface area (Å²) in [5.74, 6) is -0.859. The van der Waals surface area contributed by atoms with Crippen molar-refractivity contribution in [2.75, 3.05) is 13.2 Å². The number of unbranched alkanes of at least 4 members (excludes halogenated alkanes) is 43. The first-order chi connectivity index (χ1) is 39.0. The van der Waals surface area contributed by atoms with E-state index in [4.69, 9.17) is 14.2 Å². The van der Waals surface area contributed by atoms with Crippen molar-refractivity contribution in [3.63, 3.8) is 0 Å². The van der Waals surface area contributed by atoms with E-state index in [9.17, 15) is 14.4 Å². The van der Waals surface area contributed by atoms with Gasteiger partial charge in [0, 0.05) is 19.3 Å². The molecule has 460 valence electrons. The van der Waals surface area contributed by atoms with E-state index in [-0.39, 0.29) is 31.1 Å². The van der Waals surface area contributed by atoms with Crippen molar-refractivity contribution in [1.82, 2.24) is 0 Å². The van der Waals surface area contributed by atoms with Gasteiger partial charge < -0.3 is 14.2 Å². The molecule has 0 saturated heterocycles. The van der Waals surface area contributed by atoms with Crippen molar-refractivity contribution in [3.8, 4) is 0 Å². The summed E-state index contributed by atoms with van der Waals surface area (Å²) in [7, 11) is 0. The van der Waals surface area contributed by atoms with Crippen LogP contribution in [0.5, 0.6) is 0 Å². The van der Waals surface area contributed by atoms with E-state index < -0.39 is 6.10 Å². The van der Waals surface area contributed by atoms with Crippen LogP contribution in [0, 0.1) is 0 Å². The molecule has 0 aromatic rings. The van der Waals surface area contributed by atoms with Crippen molar-refractivity contribution >= 4 is 17.9 Å². The van der Waals surface area contributed by atoms with E-state index in [1.54, 1.807) is 0 Å². The molecule has 0 amide bonds. The molecule has 0 aliphatic rings. The number of ether oxygens (including phenoxy) is 3. The van der Waals surface area contributed by atoms with Crippen LogP contribution in [-0.2, 0) is 28.6 Å². The SMILES string of the molecule is CCCCC/C=C\C/C=C\CCCCCCCCCC(=O)OC(COC(=O)CCCCCCCCCCCCCCC)COC(=O)CCCCCCCCCCCCCCCCCC/C=C\C/C=C\C/C=C\CCCCCCC. The molecular weight excluding hydrogens is 973 g/mol. The summed E-state index contributed by atoms with van der Waals surface area (Å²) in [6, 6.07) is 0. The number of hydrogen-bond donors (Lipinski definition) is 0. The van der Waals surface area contributed by atoms with Crippen LogP contribution in [0.4, 0.5) is 0 Å². The molecule has 0 rings (SSSR count). The summed E-state index contributed by atoms with van der Waals surface area (Å²) in [6.45, 7) is 6.65. The molecule has 0 fully saturated rings. The lowest BCUT2D eigenvalue weighted by atomic mass is 10.0. The van der Waals surface area contributed by atoms with Crippen molar-refractivity contribution in [2.45, 2.75) is 374 Å². The Labute approximate surface area is 491 Å². The third-order valence-electron chi connectivity index (χ3n) is 15.5. The van der Waals surface area contributed by atoms with Gasteiger partial charge in [-0.1, -0.05) is 319 Å². The maximum absolute atomic E-state index is 12.9. The van der Waals surface area contributed by atoms with E-state index in [1.165, 1.54) is 244 Å². The average Bonchev–Trinajstić information content (AvgIpc) is 3.45. The van der Waals surface area contributed by atoms with E-state index in [1.807, 2.05) is 0 Å². The minimum absolute atomic E-state index is 0.0726. The van der Waals surface area contributed by atoms with E-state index >= 15 is 0 Å². The molecule has 0 aliphatic carbocycles. The molecule has 0 aromatic carbocycles. The highest BCUT2D eigenvalue weighted by atomic mass is 16.6. The first kappa shape index (κ1) is 76.1. The van der Waals surface area contributed by atoms with Gasteiger partial charge in [0.25, 0.3) is 0 Å². The maximum atomic E-state index is 12.9. The summed E-state index contributed by atoms with van der Waals surface area (Å²) >= 11 is 0. The van der Waals surface area contributed by atoms with Crippen molar-refractivity contribution < 1.29 is 28.6 Å². The third kappa shape index (κ3) is 65.8. The predicted octanol–water partition coefficient (Wildman–Crippen LogP) is 23.9. The van der Waals surface area contributed by atoms with Crippen LogP contribution >= 0.6 is 0 Å². The van der Waals surface area contributed by atoms with Crippen molar-refractivity contribution in [3.05, 3.63) is 60.8 Å². The lowest BCUT2D eigenvalue weighted by Gasteiger charge is -2.18. The molecule has 0 aromatic heterocycles. The van der Waals surface area contributed by atoms with Gasteiger partial charge in [0.15, 0.2) is 6.10 Å². The highest BCUT2D eigenvalue weighted by Gasteiger charge is 2.19. The highest BCUT2D eigenvalue weighted by Crippen LogP contribution is 2.18. The van der Waals surface area contributed by atoms with Crippen molar-refractivity contribution in [2.24, 2.45) is 0 Å². The minimum Gasteiger partial charge on any atom is -0.462 e. The summed E-state index contributed by atoms with van der Waals surface area (Å²) in [4.78, 5) is 38.4. The Kier molecular flexibility index (Phi) is 65.1. The van der Waals surface area contributed by atoms with Crippen LogP contribution in [0.2, 0.25) is 0 Å². The molecule has 0 saturated carbocycles. The summed E-state index contributed by atoms with van der Waals surface area (Å²) in [5, 5.41) is 0. The molecule has 79 heavy (non-hydrogen) atoms. The summed E-state index contributed by atoms with van der Waals surface area (Å²) in [6.07, 6.45) is 86.7. The van der Waals surface area contributed by atoms with Gasteiger partial charge in [-0.25, -0.2) is 0 Å². The Bertz CT molecular complexity index is 1410. The van der Waals surface area contributed by atoms with Crippen molar-refractivity contribution in [1.29, 1.82) is 0 Å². The van der Waals surface area contributed by atoms with Gasteiger partial charge in [-0.05, 0) is 89.9 Å². The van der Waals surface area contributed by atoms with Gasteiger partial charge in [0.05, 0.1) is 0 Å². The zero-order valence-corrected chi connectivity index (χ0v) is 52.9. The van der Waals surface area contributed by atoms with E-state index in [2.05, 4.69) is 81.5 Å². The number of hydrogen-bond acceptors (Lipinski definition) is 6. The van der Waals surface area contributed by atoms with E-state index in [0.29, 0.717) is 19.3 Å². The smallest absolute Gasteiger partial charge is 0.306 e. The third-order valence-corrected chi connectivity index (χ3v) is 15.5. The Balaban J connectivity index is 4.18. The fourth-order valence-electron chi connectivity index (χ4n) is 10.2. The van der Waals surface area contributed by atoms with Gasteiger partial charge in [0.1, 0.15) is 13.2 Å². The molecule has 6 nitrogen and oxygen atoms in total. The summed E-state index contributed by atoms with van der Waals surface area (Å²) < 4.78 is 17.0. The molecule has 0 radical (unpaired) electrons. The molecule has 6 heteroatoms. The average molecular weight is 1110 g/mol. The number of rotatable bonds is 64. The molecule has 0 heterocycles. The standard InChI is InChI=1S/C73H132O6/c1-4-7-10-13-16-19-22-25-27-29-30-31-32-33-34-35-36-37-38-39-40-41-42-44-45-48-51-54-57-60-63-66-72(75)78-69-70(68-77-71(74)65-62-59-56-53-50-47-24-21-18-15-12-9-6-3)79-73(76)67-64-61-58-55-52-49-46-43-28-26-23-20-17-14-11-8-5-2/h17,20,22,25-26,28-30,32-33,70H,4-16,18-19,21,23-24,27,31,34-69H2,1-3H3/b20-17-,25-22-,28-26-,30-29-,33-32-. The van der Waals surface area contributed by atoms with Crippen LogP contribution in [0.15, 0.2) is 60.8 Å². The normalized spacial score (nSPS) is 12.4. The summed E-state index contributed by atoms with van der Waals surface area (Å²) in [5.41, 5.74) is 0. The maximum Gasteiger partial charge on any atom is 0.306 e. The van der Waals surface area contributed by atoms with Crippen LogP contribution in [-0.4, -0.2) is 37.2 Å². The van der Waals surface area contributed by atoms with Crippen LogP contribution < -0.4 is 0 Å². The number of esters is 3. The quantitative estimate of drug-likeness (QED) is 0.0261. The first-order valence-corrected chi connectivity index (χ1v) is 34.8. The Morgan fingerprint density at radius 3 is 0.734 bits per heavy atom. The van der Waals surface area contributed by atoms with Crippen LogP contribution in [0.3, 0.4) is 0 Å². The molecule has 1 unspecified atom stereocenters. The minimum atomic E-state index is -0.776. The molecular formula is C73H132O6. The lowest BCUT2D eigenvalue weighted by Crippen LogP contribution is -2.30. The predicted molar refractivity (Wildman–Crippen MR) is 344 cm³/mol. The van der Waals surface area contributed by atoms with Gasteiger partial charge >= 0.3 is 17.9 Å². The molecule has 0 spiro atoms. The van der Waals surface area contributed by atoms with Gasteiger partial charge in [-0.15, -0.1) is 0 Å². The largest absolute Gasteiger partial charge is 0.462 e. The van der Waals surface area contributed by atoms with Crippen LogP contribution in [0.1, 0.15) is 367 Å². The van der Waals surface area contributed by atoms with E-state index in [0.717, 1.165) is 83.5 Å². The number of carbonyl (C=O) groups excluding carboxylic acids is 3. The second-order valence-corrected chi connectivity index (χ2v) is 23.4. The monoisotopic (exact) mass is 1110 g/mol. The Morgan fingerprint density at radius 2 is 0.456 bits per heavy atom. The van der Waals surface area contributed by atoms with Crippen LogP contribution in [0.25, 0.3) is 0 Å². The first-order valence-electron chi connectivity index (χ1n) is 34.8. The molecule has 0 aliphatic heterocycles. The molecule has 1 atom stereocenters. The fraction of sp³-hybridized carbons (Fsp3) is 0.822. The molecule has 0 N–H and O–H groups in total. The lowest BCUT2D eigenvalue weighted by molar-refractivity contribution is -0.167. The Morgan fingerprint density at radius 1 is 0.253 bits per heavy atom. The van der Waals surface area contributed by atoms with Gasteiger partial charge in [-0.2, -0.15) is 0 Å². The topological polar surface area (TPSA) is 78.9 Å². The zero-order chi connectivity index (χ0) is 57.1. The number of allylic oxidation sites excluding steroid dienone is 10. The highest BCUT2D eigenvalue weighted by molar-refractivity contribution is 5.71. The zero-order valence-electron chi connectivity index (χ0n) is 52.9. The Hall–Kier alpha value is -2.89.